The number of rotatable bonds is 5. The Morgan fingerprint density at radius 3 is 1.67 bits per heavy atom. The molecule has 0 unspecified atom stereocenters. The van der Waals surface area contributed by atoms with Gasteiger partial charge in [0.25, 0.3) is 0 Å². The molecule has 0 bridgehead atoms. The van der Waals surface area contributed by atoms with Crippen LogP contribution in [0, 0.1) is 0 Å². The maximum Gasteiger partial charge on any atom is 0.160 e. The number of nitrogens with zero attached hydrogens (tertiary/aromatic N) is 4. The van der Waals surface area contributed by atoms with E-state index in [4.69, 9.17) is 14.4 Å². The van der Waals surface area contributed by atoms with Crippen LogP contribution in [0.4, 0.5) is 0 Å². The van der Waals surface area contributed by atoms with Gasteiger partial charge in [-0.1, -0.05) is 127 Å². The maximum absolute atomic E-state index is 6.45. The van der Waals surface area contributed by atoms with E-state index in [0.717, 1.165) is 83.5 Å². The molecule has 0 saturated heterocycles. The minimum absolute atomic E-state index is 0.683. The Bertz CT molecular complexity index is 3450. The maximum atomic E-state index is 6.45. The van der Waals surface area contributed by atoms with E-state index in [2.05, 4.69) is 185 Å². The highest BCUT2D eigenvalue weighted by atomic mass is 16.3. The summed E-state index contributed by atoms with van der Waals surface area (Å²) in [7, 11) is 0. The van der Waals surface area contributed by atoms with Crippen LogP contribution >= 0.6 is 0 Å². The summed E-state index contributed by atoms with van der Waals surface area (Å²) >= 11 is 0. The molecular formula is C52H32N4O. The molecule has 8 aromatic carbocycles. The third kappa shape index (κ3) is 4.82. The van der Waals surface area contributed by atoms with Gasteiger partial charge < -0.3 is 13.6 Å². The third-order valence-electron chi connectivity index (χ3n) is 11.3. The van der Waals surface area contributed by atoms with Crippen molar-refractivity contribution in [3.8, 4) is 45.3 Å². The van der Waals surface area contributed by atoms with E-state index in [1.165, 1.54) is 21.5 Å². The molecule has 12 aromatic rings. The van der Waals surface area contributed by atoms with Crippen molar-refractivity contribution in [2.24, 2.45) is 0 Å². The molecule has 57 heavy (non-hydrogen) atoms. The molecule has 0 radical (unpaired) electrons. The normalized spacial score (nSPS) is 11.9. The van der Waals surface area contributed by atoms with Crippen LogP contribution in [-0.4, -0.2) is 19.1 Å². The Hall–Kier alpha value is -7.76. The SMILES string of the molecule is c1ccc(-c2cc(-c3ccccc3)nc(-c3cccc(-n4c5ccccc5c5c6c7ccc8oc9ccccc9c8c7n(-c7ccccc7)c6ccc54)c3)n2)cc1. The second-order valence-corrected chi connectivity index (χ2v) is 14.6. The number of hydrogen-bond donors (Lipinski definition) is 0. The molecule has 4 heterocycles. The number of para-hydroxylation sites is 3. The fraction of sp³-hybridized carbons (Fsp3) is 0. The van der Waals surface area contributed by atoms with E-state index >= 15 is 0 Å². The third-order valence-corrected chi connectivity index (χ3v) is 11.3. The van der Waals surface area contributed by atoms with Gasteiger partial charge in [0.05, 0.1) is 38.8 Å². The molecule has 0 spiro atoms. The Balaban J connectivity index is 1.14. The van der Waals surface area contributed by atoms with Gasteiger partial charge in [-0.25, -0.2) is 9.97 Å². The summed E-state index contributed by atoms with van der Waals surface area (Å²) in [6.07, 6.45) is 0. The standard InChI is InChI=1S/C52H32N4O/c1-4-15-33(16-5-1)41-32-42(34-17-6-2-7-18-34)54-52(53-41)35-19-14-22-37(31-35)55-43-25-12-10-23-38(43)48-44(55)28-29-45-49(48)40-27-30-47-50(39-24-11-13-26-46(39)57-47)51(40)56(45)36-20-8-3-9-21-36/h1-32H. The molecule has 0 atom stereocenters. The summed E-state index contributed by atoms with van der Waals surface area (Å²) in [6, 6.07) is 68.2. The average Bonchev–Trinajstić information content (AvgIpc) is 3.95. The lowest BCUT2D eigenvalue weighted by Crippen LogP contribution is -1.98. The second kappa shape index (κ2) is 12.4. The van der Waals surface area contributed by atoms with Crippen LogP contribution < -0.4 is 0 Å². The Kier molecular flexibility index (Phi) is 6.86. The largest absolute Gasteiger partial charge is 0.456 e. The summed E-state index contributed by atoms with van der Waals surface area (Å²) in [6.45, 7) is 0. The van der Waals surface area contributed by atoms with Crippen LogP contribution in [0.5, 0.6) is 0 Å². The molecule has 0 aliphatic carbocycles. The first kappa shape index (κ1) is 31.6. The number of aromatic nitrogens is 4. The van der Waals surface area contributed by atoms with Crippen LogP contribution in [0.2, 0.25) is 0 Å². The van der Waals surface area contributed by atoms with Crippen molar-refractivity contribution < 1.29 is 4.42 Å². The van der Waals surface area contributed by atoms with Gasteiger partial charge >= 0.3 is 0 Å². The van der Waals surface area contributed by atoms with Gasteiger partial charge in [0.15, 0.2) is 5.82 Å². The lowest BCUT2D eigenvalue weighted by atomic mass is 10.0. The first-order valence-electron chi connectivity index (χ1n) is 19.3. The van der Waals surface area contributed by atoms with Gasteiger partial charge in [-0.15, -0.1) is 0 Å². The average molecular weight is 729 g/mol. The van der Waals surface area contributed by atoms with E-state index in [1.54, 1.807) is 0 Å². The van der Waals surface area contributed by atoms with E-state index in [9.17, 15) is 0 Å². The lowest BCUT2D eigenvalue weighted by molar-refractivity contribution is 0.669. The number of fused-ring (bicyclic) bond motifs is 11. The molecule has 0 fully saturated rings. The summed E-state index contributed by atoms with van der Waals surface area (Å²) in [5, 5.41) is 7.06. The number of hydrogen-bond acceptors (Lipinski definition) is 3. The molecule has 4 aromatic heterocycles. The van der Waals surface area contributed by atoms with Crippen LogP contribution in [0.3, 0.4) is 0 Å². The number of furan rings is 1. The van der Waals surface area contributed by atoms with Crippen LogP contribution in [0.25, 0.3) is 111 Å². The summed E-state index contributed by atoms with van der Waals surface area (Å²) in [5.41, 5.74) is 13.3. The zero-order valence-electron chi connectivity index (χ0n) is 30.7. The minimum Gasteiger partial charge on any atom is -0.456 e. The van der Waals surface area contributed by atoms with Gasteiger partial charge in [-0.3, -0.25) is 0 Å². The molecule has 266 valence electrons. The van der Waals surface area contributed by atoms with E-state index in [0.29, 0.717) is 5.82 Å². The zero-order valence-corrected chi connectivity index (χ0v) is 30.7. The predicted octanol–water partition coefficient (Wildman–Crippen LogP) is 13.6. The van der Waals surface area contributed by atoms with Gasteiger partial charge in [-0.05, 0) is 66.7 Å². The van der Waals surface area contributed by atoms with Crippen molar-refractivity contribution in [1.82, 2.24) is 19.1 Å². The molecule has 0 N–H and O–H groups in total. The molecule has 0 saturated carbocycles. The van der Waals surface area contributed by atoms with Gasteiger partial charge in [0.2, 0.25) is 0 Å². The van der Waals surface area contributed by atoms with Crippen molar-refractivity contribution in [3.63, 3.8) is 0 Å². The van der Waals surface area contributed by atoms with Gasteiger partial charge in [0, 0.05) is 55.0 Å². The molecule has 5 heteroatoms. The van der Waals surface area contributed by atoms with Gasteiger partial charge in [0.1, 0.15) is 11.2 Å². The molecule has 0 amide bonds. The first-order valence-corrected chi connectivity index (χ1v) is 19.3. The van der Waals surface area contributed by atoms with Crippen molar-refractivity contribution in [2.45, 2.75) is 0 Å². The molecule has 5 nitrogen and oxygen atoms in total. The first-order chi connectivity index (χ1) is 28.3. The Labute approximate surface area is 327 Å². The topological polar surface area (TPSA) is 48.8 Å². The fourth-order valence-electron chi connectivity index (χ4n) is 8.86. The van der Waals surface area contributed by atoms with E-state index in [-0.39, 0.29) is 0 Å². The minimum atomic E-state index is 0.683. The second-order valence-electron chi connectivity index (χ2n) is 14.6. The van der Waals surface area contributed by atoms with Crippen LogP contribution in [0.1, 0.15) is 0 Å². The fourth-order valence-corrected chi connectivity index (χ4v) is 8.86. The monoisotopic (exact) mass is 728 g/mol. The van der Waals surface area contributed by atoms with E-state index in [1.807, 2.05) is 18.2 Å². The summed E-state index contributed by atoms with van der Waals surface area (Å²) < 4.78 is 11.3. The molecule has 0 aliphatic heterocycles. The summed E-state index contributed by atoms with van der Waals surface area (Å²) in [4.78, 5) is 10.3. The summed E-state index contributed by atoms with van der Waals surface area (Å²) in [5.74, 6) is 0.683. The Morgan fingerprint density at radius 1 is 0.351 bits per heavy atom. The molecular weight excluding hydrogens is 697 g/mol. The smallest absolute Gasteiger partial charge is 0.160 e. The van der Waals surface area contributed by atoms with Crippen molar-refractivity contribution in [3.05, 3.63) is 194 Å². The van der Waals surface area contributed by atoms with Crippen LogP contribution in [0.15, 0.2) is 199 Å². The molecule has 12 rings (SSSR count). The van der Waals surface area contributed by atoms with Crippen LogP contribution in [-0.2, 0) is 0 Å². The Morgan fingerprint density at radius 2 is 0.930 bits per heavy atom. The van der Waals surface area contributed by atoms with Crippen molar-refractivity contribution >= 4 is 65.6 Å². The van der Waals surface area contributed by atoms with Gasteiger partial charge in [-0.2, -0.15) is 0 Å². The van der Waals surface area contributed by atoms with E-state index < -0.39 is 0 Å². The van der Waals surface area contributed by atoms with Crippen molar-refractivity contribution in [2.75, 3.05) is 0 Å². The highest BCUT2D eigenvalue weighted by Crippen LogP contribution is 2.46. The highest BCUT2D eigenvalue weighted by Gasteiger charge is 2.24. The quantitative estimate of drug-likeness (QED) is 0.177. The predicted molar refractivity (Wildman–Crippen MR) is 234 cm³/mol. The molecule has 0 aliphatic rings. The zero-order chi connectivity index (χ0) is 37.5. The number of benzene rings is 8. The highest BCUT2D eigenvalue weighted by molar-refractivity contribution is 6.33. The van der Waals surface area contributed by atoms with Crippen molar-refractivity contribution in [1.29, 1.82) is 0 Å². The lowest BCUT2D eigenvalue weighted by Gasteiger charge is -2.12.